The molecule has 0 aliphatic heterocycles. The van der Waals surface area contributed by atoms with Crippen molar-refractivity contribution >= 4 is 17.3 Å². The van der Waals surface area contributed by atoms with Crippen molar-refractivity contribution in [1.29, 1.82) is 0 Å². The van der Waals surface area contributed by atoms with Crippen molar-refractivity contribution in [3.05, 3.63) is 42.0 Å². The predicted octanol–water partition coefficient (Wildman–Crippen LogP) is 2.33. The van der Waals surface area contributed by atoms with E-state index in [2.05, 4.69) is 5.32 Å². The smallest absolute Gasteiger partial charge is 0.244 e. The topological polar surface area (TPSA) is 66.4 Å². The number of benzene rings is 1. The number of aliphatic hydroxyl groups excluding tert-OH is 1. The molecule has 1 aromatic carbocycles. The lowest BCUT2D eigenvalue weighted by atomic mass is 10.1. The van der Waals surface area contributed by atoms with E-state index in [0.717, 1.165) is 30.4 Å². The summed E-state index contributed by atoms with van der Waals surface area (Å²) in [7, 11) is 0. The van der Waals surface area contributed by atoms with Gasteiger partial charge in [-0.05, 0) is 30.9 Å². The molecule has 0 radical (unpaired) electrons. The maximum absolute atomic E-state index is 11.7. The molecule has 1 amide bonds. The number of aliphatic hydroxyl groups is 1. The molecule has 0 atom stereocenters. The zero-order chi connectivity index (χ0) is 15.5. The number of amides is 1. The van der Waals surface area contributed by atoms with Gasteiger partial charge in [0.15, 0.2) is 5.78 Å². The van der Waals surface area contributed by atoms with E-state index in [0.29, 0.717) is 13.0 Å². The van der Waals surface area contributed by atoms with E-state index < -0.39 is 0 Å². The van der Waals surface area contributed by atoms with Crippen LogP contribution < -0.4 is 5.32 Å². The fourth-order valence-corrected chi connectivity index (χ4v) is 1.95. The van der Waals surface area contributed by atoms with Crippen molar-refractivity contribution in [1.82, 2.24) is 5.32 Å². The Labute approximate surface area is 125 Å². The number of Topliss-reactive ketones (excluding diaryl/α,β-unsaturated/α-hetero) is 1. The van der Waals surface area contributed by atoms with Crippen molar-refractivity contribution < 1.29 is 14.7 Å². The average molecular weight is 289 g/mol. The van der Waals surface area contributed by atoms with Crippen LogP contribution in [0.1, 0.15) is 38.2 Å². The van der Waals surface area contributed by atoms with Gasteiger partial charge in [0.2, 0.25) is 5.91 Å². The minimum atomic E-state index is -0.375. The monoisotopic (exact) mass is 289 g/mol. The van der Waals surface area contributed by atoms with Crippen LogP contribution in [0.3, 0.4) is 0 Å². The molecule has 0 heterocycles. The third-order valence-electron chi connectivity index (χ3n) is 3.18. The first kappa shape index (κ1) is 17.1. The molecule has 4 nitrogen and oxygen atoms in total. The number of unbranched alkanes of at least 4 members (excludes halogenated alkanes) is 2. The van der Waals surface area contributed by atoms with Crippen LogP contribution in [0.2, 0.25) is 0 Å². The van der Waals surface area contributed by atoms with E-state index in [-0.39, 0.29) is 18.3 Å². The standard InChI is InChI=1S/C17H23NO3/c1-14(15-8-4-2-5-9-15)12-17(21)18-11-7-3-6-10-16(20)13-19/h2,4-5,8-9,12,19H,3,6-7,10-11,13H2,1H3,(H,18,21)/b14-12+. The van der Waals surface area contributed by atoms with Gasteiger partial charge in [-0.2, -0.15) is 0 Å². The average Bonchev–Trinajstić information content (AvgIpc) is 2.51. The third kappa shape index (κ3) is 7.42. The number of ketones is 1. The number of carbonyl (C=O) groups excluding carboxylic acids is 2. The van der Waals surface area contributed by atoms with Gasteiger partial charge in [0.25, 0.3) is 0 Å². The minimum absolute atomic E-state index is 0.0946. The van der Waals surface area contributed by atoms with Crippen molar-refractivity contribution in [2.24, 2.45) is 0 Å². The molecule has 0 aliphatic rings. The Morgan fingerprint density at radius 3 is 2.52 bits per heavy atom. The van der Waals surface area contributed by atoms with Crippen LogP contribution in [0, 0.1) is 0 Å². The number of hydrogen-bond donors (Lipinski definition) is 2. The van der Waals surface area contributed by atoms with Crippen LogP contribution in [0.15, 0.2) is 36.4 Å². The lowest BCUT2D eigenvalue weighted by Crippen LogP contribution is -2.22. The second-order valence-electron chi connectivity index (χ2n) is 4.99. The maximum Gasteiger partial charge on any atom is 0.244 e. The van der Waals surface area contributed by atoms with Crippen molar-refractivity contribution in [2.45, 2.75) is 32.6 Å². The molecule has 1 aromatic rings. The van der Waals surface area contributed by atoms with Crippen LogP contribution in [0.5, 0.6) is 0 Å². The van der Waals surface area contributed by atoms with E-state index >= 15 is 0 Å². The molecular formula is C17H23NO3. The molecular weight excluding hydrogens is 266 g/mol. The summed E-state index contributed by atoms with van der Waals surface area (Å²) < 4.78 is 0. The normalized spacial score (nSPS) is 11.2. The highest BCUT2D eigenvalue weighted by molar-refractivity contribution is 5.94. The van der Waals surface area contributed by atoms with Gasteiger partial charge in [0.05, 0.1) is 0 Å². The minimum Gasteiger partial charge on any atom is -0.389 e. The second-order valence-corrected chi connectivity index (χ2v) is 4.99. The number of allylic oxidation sites excluding steroid dienone is 1. The van der Waals surface area contributed by atoms with Crippen molar-refractivity contribution in [3.63, 3.8) is 0 Å². The summed E-state index contributed by atoms with van der Waals surface area (Å²) in [4.78, 5) is 22.6. The van der Waals surface area contributed by atoms with Gasteiger partial charge in [-0.15, -0.1) is 0 Å². The quantitative estimate of drug-likeness (QED) is 0.541. The van der Waals surface area contributed by atoms with Crippen LogP contribution in [0.25, 0.3) is 5.57 Å². The Morgan fingerprint density at radius 2 is 1.86 bits per heavy atom. The highest BCUT2D eigenvalue weighted by Crippen LogP contribution is 2.12. The molecule has 0 aromatic heterocycles. The molecule has 0 spiro atoms. The summed E-state index contributed by atoms with van der Waals surface area (Å²) in [5.74, 6) is -0.219. The molecule has 114 valence electrons. The first-order chi connectivity index (χ1) is 10.1. The largest absolute Gasteiger partial charge is 0.389 e. The number of hydrogen-bond acceptors (Lipinski definition) is 3. The van der Waals surface area contributed by atoms with E-state index in [9.17, 15) is 9.59 Å². The summed E-state index contributed by atoms with van der Waals surface area (Å²) >= 11 is 0. The molecule has 0 saturated heterocycles. The zero-order valence-corrected chi connectivity index (χ0v) is 12.5. The first-order valence-electron chi connectivity index (χ1n) is 7.27. The summed E-state index contributed by atoms with van der Waals surface area (Å²) in [6.07, 6.45) is 4.48. The Morgan fingerprint density at radius 1 is 1.14 bits per heavy atom. The molecule has 0 fully saturated rings. The van der Waals surface area contributed by atoms with Gasteiger partial charge in [-0.1, -0.05) is 36.8 Å². The number of carbonyl (C=O) groups is 2. The summed E-state index contributed by atoms with van der Waals surface area (Å²) in [6, 6.07) is 9.77. The molecule has 21 heavy (non-hydrogen) atoms. The predicted molar refractivity (Wildman–Crippen MR) is 83.7 cm³/mol. The van der Waals surface area contributed by atoms with Gasteiger partial charge in [0, 0.05) is 19.0 Å². The summed E-state index contributed by atoms with van der Waals surface area (Å²) in [5, 5.41) is 11.4. The van der Waals surface area contributed by atoms with E-state index in [4.69, 9.17) is 5.11 Å². The third-order valence-corrected chi connectivity index (χ3v) is 3.18. The van der Waals surface area contributed by atoms with E-state index in [1.54, 1.807) is 6.08 Å². The maximum atomic E-state index is 11.7. The molecule has 4 heteroatoms. The van der Waals surface area contributed by atoms with Gasteiger partial charge >= 0.3 is 0 Å². The van der Waals surface area contributed by atoms with Crippen LogP contribution in [-0.2, 0) is 9.59 Å². The highest BCUT2D eigenvalue weighted by atomic mass is 16.3. The molecule has 2 N–H and O–H groups in total. The first-order valence-corrected chi connectivity index (χ1v) is 7.27. The Balaban J connectivity index is 2.21. The lowest BCUT2D eigenvalue weighted by molar-refractivity contribution is -0.122. The van der Waals surface area contributed by atoms with Crippen LogP contribution >= 0.6 is 0 Å². The number of nitrogens with one attached hydrogen (secondary N) is 1. The van der Waals surface area contributed by atoms with Gasteiger partial charge in [0.1, 0.15) is 6.61 Å². The Bertz CT molecular complexity index is 480. The van der Waals surface area contributed by atoms with E-state index in [1.807, 2.05) is 37.3 Å². The van der Waals surface area contributed by atoms with Crippen molar-refractivity contribution in [2.75, 3.05) is 13.2 Å². The van der Waals surface area contributed by atoms with Crippen LogP contribution in [-0.4, -0.2) is 29.9 Å². The fourth-order valence-electron chi connectivity index (χ4n) is 1.95. The molecule has 0 aliphatic carbocycles. The van der Waals surface area contributed by atoms with E-state index in [1.165, 1.54) is 0 Å². The summed E-state index contributed by atoms with van der Waals surface area (Å²) in [6.45, 7) is 2.14. The molecule has 0 unspecified atom stereocenters. The Hall–Kier alpha value is -1.94. The molecule has 0 bridgehead atoms. The number of rotatable bonds is 9. The summed E-state index contributed by atoms with van der Waals surface area (Å²) in [5.41, 5.74) is 1.97. The van der Waals surface area contributed by atoms with Gasteiger partial charge in [-0.3, -0.25) is 9.59 Å². The van der Waals surface area contributed by atoms with Gasteiger partial charge in [-0.25, -0.2) is 0 Å². The Kier molecular flexibility index (Phi) is 8.05. The lowest BCUT2D eigenvalue weighted by Gasteiger charge is -2.04. The highest BCUT2D eigenvalue weighted by Gasteiger charge is 2.01. The molecule has 0 saturated carbocycles. The van der Waals surface area contributed by atoms with Gasteiger partial charge < -0.3 is 10.4 Å². The van der Waals surface area contributed by atoms with Crippen LogP contribution in [0.4, 0.5) is 0 Å². The SMILES string of the molecule is C/C(=C\C(=O)NCCCCCC(=O)CO)c1ccccc1. The fraction of sp³-hybridized carbons (Fsp3) is 0.412. The van der Waals surface area contributed by atoms with Crippen molar-refractivity contribution in [3.8, 4) is 0 Å². The zero-order valence-electron chi connectivity index (χ0n) is 12.5. The molecule has 1 rings (SSSR count). The second kappa shape index (κ2) is 9.88.